The number of nitrogens with one attached hydrogen (secondary N) is 2. The molecule has 3 N–H and O–H groups in total. The summed E-state index contributed by atoms with van der Waals surface area (Å²) in [6.45, 7) is 0. The van der Waals surface area contributed by atoms with E-state index in [0.29, 0.717) is 5.02 Å². The number of aromatic nitrogens is 2. The highest BCUT2D eigenvalue weighted by atomic mass is 35.5. The van der Waals surface area contributed by atoms with Crippen molar-refractivity contribution in [1.29, 1.82) is 0 Å². The zero-order chi connectivity index (χ0) is 14.0. The van der Waals surface area contributed by atoms with Crippen molar-refractivity contribution in [3.05, 3.63) is 45.2 Å². The van der Waals surface area contributed by atoms with Crippen molar-refractivity contribution in [3.8, 4) is 5.75 Å². The van der Waals surface area contributed by atoms with Crippen molar-refractivity contribution in [1.82, 2.24) is 10.2 Å². The van der Waals surface area contributed by atoms with Crippen LogP contribution in [0.1, 0.15) is 10.5 Å². The molecule has 0 saturated carbocycles. The number of benzene rings is 1. The second-order valence-corrected chi connectivity index (χ2v) is 3.94. The van der Waals surface area contributed by atoms with Gasteiger partial charge in [-0.25, -0.2) is 0 Å². The van der Waals surface area contributed by atoms with Crippen LogP contribution in [0.5, 0.6) is 5.75 Å². The molecule has 2 aromatic rings. The van der Waals surface area contributed by atoms with Crippen molar-refractivity contribution in [3.63, 3.8) is 0 Å². The molecule has 0 bridgehead atoms. The quantitative estimate of drug-likeness (QED) is 0.451. The summed E-state index contributed by atoms with van der Waals surface area (Å²) in [5.74, 6) is -1.01. The highest BCUT2D eigenvalue weighted by Crippen LogP contribution is 2.27. The van der Waals surface area contributed by atoms with Gasteiger partial charge in [0.15, 0.2) is 0 Å². The van der Waals surface area contributed by atoms with Gasteiger partial charge < -0.3 is 10.4 Å². The lowest BCUT2D eigenvalue weighted by molar-refractivity contribution is -0.385. The van der Waals surface area contributed by atoms with Gasteiger partial charge in [-0.3, -0.25) is 20.0 Å². The van der Waals surface area contributed by atoms with Gasteiger partial charge in [0, 0.05) is 5.02 Å². The molecule has 0 spiro atoms. The number of amides is 1. The summed E-state index contributed by atoms with van der Waals surface area (Å²) in [5.41, 5.74) is -0.732. The Morgan fingerprint density at radius 3 is 2.95 bits per heavy atom. The summed E-state index contributed by atoms with van der Waals surface area (Å²) >= 11 is 5.72. The Hall–Kier alpha value is -2.61. The fourth-order valence-corrected chi connectivity index (χ4v) is 1.55. The summed E-state index contributed by atoms with van der Waals surface area (Å²) < 4.78 is 0. The number of rotatable bonds is 3. The molecule has 0 fully saturated rings. The van der Waals surface area contributed by atoms with E-state index in [1.807, 2.05) is 0 Å². The minimum Gasteiger partial charge on any atom is -0.506 e. The smallest absolute Gasteiger partial charge is 0.319 e. The molecule has 0 aliphatic rings. The Bertz CT molecular complexity index is 655. The molecule has 0 unspecified atom stereocenters. The number of nitro groups is 1. The average molecular weight is 283 g/mol. The van der Waals surface area contributed by atoms with E-state index in [4.69, 9.17) is 11.6 Å². The lowest BCUT2D eigenvalue weighted by atomic mass is 10.2. The normalized spacial score (nSPS) is 10.2. The molecule has 0 radical (unpaired) electrons. The van der Waals surface area contributed by atoms with Gasteiger partial charge in [0.2, 0.25) is 5.69 Å². The first-order valence-electron chi connectivity index (χ1n) is 4.96. The Kier molecular flexibility index (Phi) is 3.34. The molecule has 0 aliphatic heterocycles. The van der Waals surface area contributed by atoms with Crippen LogP contribution in [-0.4, -0.2) is 26.1 Å². The number of hydrogen-bond donors (Lipinski definition) is 3. The van der Waals surface area contributed by atoms with E-state index in [2.05, 4.69) is 15.5 Å². The number of phenols is 1. The maximum absolute atomic E-state index is 11.8. The Morgan fingerprint density at radius 1 is 1.53 bits per heavy atom. The minimum absolute atomic E-state index is 0.0430. The first-order chi connectivity index (χ1) is 8.99. The van der Waals surface area contributed by atoms with Crippen LogP contribution in [0.3, 0.4) is 0 Å². The number of carbonyl (C=O) groups is 1. The van der Waals surface area contributed by atoms with E-state index < -0.39 is 16.5 Å². The zero-order valence-electron chi connectivity index (χ0n) is 9.25. The molecule has 2 rings (SSSR count). The number of aromatic amines is 1. The summed E-state index contributed by atoms with van der Waals surface area (Å²) in [6, 6.07) is 4.04. The third-order valence-corrected chi connectivity index (χ3v) is 2.48. The molecule has 0 aliphatic carbocycles. The van der Waals surface area contributed by atoms with Crippen LogP contribution in [0.25, 0.3) is 0 Å². The molecular weight excluding hydrogens is 276 g/mol. The van der Waals surface area contributed by atoms with Crippen molar-refractivity contribution in [2.75, 3.05) is 5.32 Å². The first-order valence-corrected chi connectivity index (χ1v) is 5.34. The lowest BCUT2D eigenvalue weighted by Gasteiger charge is -2.06. The van der Waals surface area contributed by atoms with Crippen LogP contribution < -0.4 is 5.32 Å². The molecule has 9 heteroatoms. The molecule has 1 amide bonds. The number of nitrogens with zero attached hydrogens (tertiary/aromatic N) is 2. The molecule has 8 nitrogen and oxygen atoms in total. The van der Waals surface area contributed by atoms with Crippen LogP contribution in [0, 0.1) is 10.1 Å². The summed E-state index contributed by atoms with van der Waals surface area (Å²) in [7, 11) is 0. The first kappa shape index (κ1) is 12.8. The highest BCUT2D eigenvalue weighted by Gasteiger charge is 2.23. The fraction of sp³-hybridized carbons (Fsp3) is 0. The van der Waals surface area contributed by atoms with Gasteiger partial charge in [0.1, 0.15) is 11.9 Å². The average Bonchev–Trinajstić information content (AvgIpc) is 2.83. The molecule has 1 aromatic heterocycles. The molecule has 1 aromatic carbocycles. The van der Waals surface area contributed by atoms with Crippen LogP contribution >= 0.6 is 11.6 Å². The van der Waals surface area contributed by atoms with E-state index in [1.165, 1.54) is 18.2 Å². The largest absolute Gasteiger partial charge is 0.506 e. The Morgan fingerprint density at radius 2 is 2.26 bits per heavy atom. The van der Waals surface area contributed by atoms with Crippen molar-refractivity contribution >= 4 is 28.9 Å². The molecule has 0 atom stereocenters. The van der Waals surface area contributed by atoms with Crippen molar-refractivity contribution in [2.45, 2.75) is 0 Å². The Balaban J connectivity index is 2.28. The third kappa shape index (κ3) is 2.63. The van der Waals surface area contributed by atoms with E-state index in [-0.39, 0.29) is 17.1 Å². The van der Waals surface area contributed by atoms with Gasteiger partial charge in [-0.2, -0.15) is 5.10 Å². The predicted molar refractivity (Wildman–Crippen MR) is 66.3 cm³/mol. The van der Waals surface area contributed by atoms with Gasteiger partial charge in [0.05, 0.1) is 10.6 Å². The monoisotopic (exact) mass is 282 g/mol. The number of halogens is 1. The van der Waals surface area contributed by atoms with E-state index in [9.17, 15) is 20.0 Å². The van der Waals surface area contributed by atoms with Gasteiger partial charge in [0.25, 0.3) is 5.91 Å². The van der Waals surface area contributed by atoms with Crippen LogP contribution in [0.4, 0.5) is 11.4 Å². The molecule has 19 heavy (non-hydrogen) atoms. The summed E-state index contributed by atoms with van der Waals surface area (Å²) in [6.07, 6.45) is 0.923. The van der Waals surface area contributed by atoms with Crippen LogP contribution in [0.2, 0.25) is 5.02 Å². The highest BCUT2D eigenvalue weighted by molar-refractivity contribution is 6.31. The van der Waals surface area contributed by atoms with Gasteiger partial charge >= 0.3 is 5.69 Å². The zero-order valence-corrected chi connectivity index (χ0v) is 10.0. The SMILES string of the molecule is O=C(Nc1cc(Cl)ccc1O)c1[nH]ncc1[N+](=O)[O-]. The summed E-state index contributed by atoms with van der Waals surface area (Å²) in [4.78, 5) is 21.7. The van der Waals surface area contributed by atoms with Gasteiger partial charge in [-0.15, -0.1) is 0 Å². The van der Waals surface area contributed by atoms with E-state index >= 15 is 0 Å². The van der Waals surface area contributed by atoms with Crippen molar-refractivity contribution < 1.29 is 14.8 Å². The second-order valence-electron chi connectivity index (χ2n) is 3.50. The molecular formula is C10H7ClN4O4. The van der Waals surface area contributed by atoms with Crippen LogP contribution in [0.15, 0.2) is 24.4 Å². The summed E-state index contributed by atoms with van der Waals surface area (Å²) in [5, 5.41) is 28.4. The number of H-pyrrole nitrogens is 1. The van der Waals surface area contributed by atoms with Crippen molar-refractivity contribution in [2.24, 2.45) is 0 Å². The molecule has 1 heterocycles. The fourth-order valence-electron chi connectivity index (χ4n) is 1.38. The number of phenolic OH excluding ortho intramolecular Hbond substituents is 1. The third-order valence-electron chi connectivity index (χ3n) is 2.25. The molecule has 0 saturated heterocycles. The lowest BCUT2D eigenvalue weighted by Crippen LogP contribution is -2.14. The maximum Gasteiger partial charge on any atom is 0.319 e. The van der Waals surface area contributed by atoms with E-state index in [1.54, 1.807) is 0 Å². The Labute approximate surface area is 111 Å². The molecule has 98 valence electrons. The predicted octanol–water partition coefficient (Wildman–Crippen LogP) is 1.93. The minimum atomic E-state index is -0.804. The number of anilines is 1. The number of hydrogen-bond acceptors (Lipinski definition) is 5. The standard InChI is InChI=1S/C10H7ClN4O4/c11-5-1-2-8(16)6(3-5)13-10(17)9-7(15(18)19)4-12-14-9/h1-4,16H,(H,12,14)(H,13,17). The number of aromatic hydroxyl groups is 1. The number of carbonyl (C=O) groups excluding carboxylic acids is 1. The maximum atomic E-state index is 11.8. The van der Waals surface area contributed by atoms with E-state index in [0.717, 1.165) is 6.20 Å². The second kappa shape index (κ2) is 4.94. The van der Waals surface area contributed by atoms with Gasteiger partial charge in [-0.1, -0.05) is 11.6 Å². The topological polar surface area (TPSA) is 121 Å². The van der Waals surface area contributed by atoms with Gasteiger partial charge in [-0.05, 0) is 18.2 Å². The van der Waals surface area contributed by atoms with Crippen LogP contribution in [-0.2, 0) is 0 Å².